The lowest BCUT2D eigenvalue weighted by molar-refractivity contribution is 0.458. The Hall–Kier alpha value is -0.820. The molecule has 2 N–H and O–H groups in total. The zero-order valence-electron chi connectivity index (χ0n) is 10.4. The molecule has 0 fully saturated rings. The summed E-state index contributed by atoms with van der Waals surface area (Å²) in [4.78, 5) is 0. The van der Waals surface area contributed by atoms with Gasteiger partial charge in [-0.05, 0) is 55.3 Å². The Kier molecular flexibility index (Phi) is 4.34. The highest BCUT2D eigenvalue weighted by atomic mass is 14.5. The molecule has 1 heteroatoms. The van der Waals surface area contributed by atoms with Crippen molar-refractivity contribution in [1.82, 2.24) is 0 Å². The second-order valence-corrected chi connectivity index (χ2v) is 4.63. The van der Waals surface area contributed by atoms with Crippen LogP contribution in [0.25, 0.3) is 0 Å². The lowest BCUT2D eigenvalue weighted by Crippen LogP contribution is -2.13. The van der Waals surface area contributed by atoms with E-state index in [4.69, 9.17) is 5.73 Å². The van der Waals surface area contributed by atoms with Gasteiger partial charge in [-0.2, -0.15) is 0 Å². The Bertz CT molecular complexity index is 317. The highest BCUT2D eigenvalue weighted by Gasteiger charge is 2.15. The van der Waals surface area contributed by atoms with Crippen LogP contribution < -0.4 is 5.73 Å². The quantitative estimate of drug-likeness (QED) is 0.801. The molecule has 1 aromatic carbocycles. The van der Waals surface area contributed by atoms with E-state index >= 15 is 0 Å². The van der Waals surface area contributed by atoms with Crippen molar-refractivity contribution in [2.24, 2.45) is 11.7 Å². The van der Waals surface area contributed by atoms with Gasteiger partial charge in [0.15, 0.2) is 0 Å². The third-order valence-corrected chi connectivity index (χ3v) is 3.61. The number of hydrogen-bond acceptors (Lipinski definition) is 1. The van der Waals surface area contributed by atoms with Gasteiger partial charge in [0, 0.05) is 0 Å². The first kappa shape index (κ1) is 12.3. The molecule has 0 saturated heterocycles. The fraction of sp³-hybridized carbons (Fsp3) is 0.571. The van der Waals surface area contributed by atoms with Gasteiger partial charge in [0.2, 0.25) is 0 Å². The molecule has 15 heavy (non-hydrogen) atoms. The zero-order valence-corrected chi connectivity index (χ0v) is 10.4. The molecule has 0 spiro atoms. The predicted molar refractivity (Wildman–Crippen MR) is 67.2 cm³/mol. The second-order valence-electron chi connectivity index (χ2n) is 4.63. The summed E-state index contributed by atoms with van der Waals surface area (Å²) in [6.45, 7) is 9.78. The van der Waals surface area contributed by atoms with Crippen molar-refractivity contribution in [3.63, 3.8) is 0 Å². The van der Waals surface area contributed by atoms with E-state index < -0.39 is 0 Å². The van der Waals surface area contributed by atoms with E-state index in [1.54, 1.807) is 0 Å². The van der Waals surface area contributed by atoms with Crippen LogP contribution >= 0.6 is 0 Å². The van der Waals surface area contributed by atoms with Crippen LogP contribution in [-0.4, -0.2) is 6.54 Å². The molecule has 2 unspecified atom stereocenters. The highest BCUT2D eigenvalue weighted by molar-refractivity contribution is 5.35. The Labute approximate surface area is 93.7 Å². The van der Waals surface area contributed by atoms with Crippen LogP contribution in [0, 0.1) is 19.8 Å². The summed E-state index contributed by atoms with van der Waals surface area (Å²) in [5.74, 6) is 1.27. The maximum atomic E-state index is 5.61. The Balaban J connectivity index is 2.90. The van der Waals surface area contributed by atoms with Gasteiger partial charge in [0.05, 0.1) is 0 Å². The standard InChI is InChI=1S/C14H23N/c1-10-6-5-7-14(12(10)3)13(4)11(2)8-9-15/h5-7,11,13H,8-9,15H2,1-4H3. The average Bonchev–Trinajstić information content (AvgIpc) is 2.21. The summed E-state index contributed by atoms with van der Waals surface area (Å²) in [6, 6.07) is 6.59. The topological polar surface area (TPSA) is 26.0 Å². The highest BCUT2D eigenvalue weighted by Crippen LogP contribution is 2.29. The summed E-state index contributed by atoms with van der Waals surface area (Å²) in [6.07, 6.45) is 1.11. The molecule has 84 valence electrons. The molecule has 0 amide bonds. The molecule has 0 heterocycles. The third kappa shape index (κ3) is 2.82. The van der Waals surface area contributed by atoms with Gasteiger partial charge in [-0.1, -0.05) is 32.0 Å². The molecular formula is C14H23N. The Morgan fingerprint density at radius 1 is 1.20 bits per heavy atom. The molecule has 0 aliphatic heterocycles. The van der Waals surface area contributed by atoms with Gasteiger partial charge in [-0.15, -0.1) is 0 Å². The summed E-state index contributed by atoms with van der Waals surface area (Å²) < 4.78 is 0. The predicted octanol–water partition coefficient (Wildman–Crippen LogP) is 3.39. The molecule has 1 nitrogen and oxygen atoms in total. The van der Waals surface area contributed by atoms with Crippen LogP contribution in [0.4, 0.5) is 0 Å². The van der Waals surface area contributed by atoms with E-state index in [0.29, 0.717) is 11.8 Å². The number of benzene rings is 1. The van der Waals surface area contributed by atoms with E-state index in [0.717, 1.165) is 13.0 Å². The van der Waals surface area contributed by atoms with E-state index in [1.165, 1.54) is 16.7 Å². The minimum atomic E-state index is 0.605. The lowest BCUT2D eigenvalue weighted by atomic mass is 9.83. The van der Waals surface area contributed by atoms with Gasteiger partial charge in [0.1, 0.15) is 0 Å². The van der Waals surface area contributed by atoms with E-state index in [2.05, 4.69) is 45.9 Å². The number of hydrogen-bond donors (Lipinski definition) is 1. The van der Waals surface area contributed by atoms with Crippen LogP contribution in [0.3, 0.4) is 0 Å². The van der Waals surface area contributed by atoms with Crippen molar-refractivity contribution in [3.8, 4) is 0 Å². The second kappa shape index (κ2) is 5.32. The van der Waals surface area contributed by atoms with Gasteiger partial charge < -0.3 is 5.73 Å². The zero-order chi connectivity index (χ0) is 11.4. The van der Waals surface area contributed by atoms with Gasteiger partial charge >= 0.3 is 0 Å². The van der Waals surface area contributed by atoms with Crippen molar-refractivity contribution in [2.45, 2.75) is 40.0 Å². The first-order valence-corrected chi connectivity index (χ1v) is 5.84. The molecule has 0 bridgehead atoms. The van der Waals surface area contributed by atoms with Crippen molar-refractivity contribution in [1.29, 1.82) is 0 Å². The lowest BCUT2D eigenvalue weighted by Gasteiger charge is -2.22. The fourth-order valence-corrected chi connectivity index (χ4v) is 2.09. The van der Waals surface area contributed by atoms with Crippen LogP contribution in [0.15, 0.2) is 18.2 Å². The number of aryl methyl sites for hydroxylation is 1. The summed E-state index contributed by atoms with van der Waals surface area (Å²) in [5, 5.41) is 0. The minimum absolute atomic E-state index is 0.605. The smallest absolute Gasteiger partial charge is 0.00745 e. The van der Waals surface area contributed by atoms with Gasteiger partial charge in [-0.3, -0.25) is 0 Å². The molecule has 1 aromatic rings. The Morgan fingerprint density at radius 2 is 1.87 bits per heavy atom. The molecule has 0 radical (unpaired) electrons. The fourth-order valence-electron chi connectivity index (χ4n) is 2.09. The molecule has 2 atom stereocenters. The normalized spacial score (nSPS) is 15.0. The van der Waals surface area contributed by atoms with E-state index in [1.807, 2.05) is 0 Å². The van der Waals surface area contributed by atoms with Crippen molar-refractivity contribution in [2.75, 3.05) is 6.54 Å². The maximum Gasteiger partial charge on any atom is -0.00745 e. The third-order valence-electron chi connectivity index (χ3n) is 3.61. The van der Waals surface area contributed by atoms with E-state index in [9.17, 15) is 0 Å². The molecular weight excluding hydrogens is 182 g/mol. The monoisotopic (exact) mass is 205 g/mol. The van der Waals surface area contributed by atoms with Crippen LogP contribution in [-0.2, 0) is 0 Å². The number of nitrogens with two attached hydrogens (primary N) is 1. The van der Waals surface area contributed by atoms with Crippen LogP contribution in [0.5, 0.6) is 0 Å². The van der Waals surface area contributed by atoms with Crippen LogP contribution in [0.2, 0.25) is 0 Å². The molecule has 0 aliphatic rings. The number of rotatable bonds is 4. The van der Waals surface area contributed by atoms with Crippen molar-refractivity contribution in [3.05, 3.63) is 34.9 Å². The summed E-state index contributed by atoms with van der Waals surface area (Å²) in [5.41, 5.74) is 9.92. The Morgan fingerprint density at radius 3 is 2.47 bits per heavy atom. The maximum absolute atomic E-state index is 5.61. The van der Waals surface area contributed by atoms with Crippen molar-refractivity contribution >= 4 is 0 Å². The molecule has 1 rings (SSSR count). The first-order valence-electron chi connectivity index (χ1n) is 5.84. The average molecular weight is 205 g/mol. The minimum Gasteiger partial charge on any atom is -0.330 e. The molecule has 0 aromatic heterocycles. The first-order chi connectivity index (χ1) is 7.07. The largest absolute Gasteiger partial charge is 0.330 e. The van der Waals surface area contributed by atoms with Crippen LogP contribution in [0.1, 0.15) is 42.9 Å². The summed E-state index contributed by atoms with van der Waals surface area (Å²) >= 11 is 0. The molecule has 0 aliphatic carbocycles. The molecule has 0 saturated carbocycles. The van der Waals surface area contributed by atoms with Gasteiger partial charge in [-0.25, -0.2) is 0 Å². The van der Waals surface area contributed by atoms with Crippen molar-refractivity contribution < 1.29 is 0 Å². The SMILES string of the molecule is Cc1cccc(C(C)C(C)CCN)c1C. The van der Waals surface area contributed by atoms with E-state index in [-0.39, 0.29) is 0 Å². The van der Waals surface area contributed by atoms with Gasteiger partial charge in [0.25, 0.3) is 0 Å². The summed E-state index contributed by atoms with van der Waals surface area (Å²) in [7, 11) is 0.